The minimum atomic E-state index is -0.609. The van der Waals surface area contributed by atoms with Gasteiger partial charge >= 0.3 is 0 Å². The van der Waals surface area contributed by atoms with Crippen molar-refractivity contribution in [2.24, 2.45) is 17.3 Å². The SMILES string of the molecule is CN1C(=O)[C@@H]2[C@H](C1=O)[C@@H](C(=O)C(C)(C)C)N1c3ccccc3C=C[C@H]21. The van der Waals surface area contributed by atoms with Crippen molar-refractivity contribution in [3.63, 3.8) is 0 Å². The summed E-state index contributed by atoms with van der Waals surface area (Å²) >= 11 is 0. The number of fused-ring (bicyclic) bond motifs is 5. The molecule has 0 spiro atoms. The molecule has 2 fully saturated rings. The van der Waals surface area contributed by atoms with Crippen molar-refractivity contribution in [2.75, 3.05) is 11.9 Å². The summed E-state index contributed by atoms with van der Waals surface area (Å²) in [7, 11) is 1.52. The average molecular weight is 338 g/mol. The van der Waals surface area contributed by atoms with Gasteiger partial charge in [0.05, 0.1) is 17.9 Å². The van der Waals surface area contributed by atoms with Crippen LogP contribution in [-0.4, -0.2) is 41.6 Å². The van der Waals surface area contributed by atoms with Crippen LogP contribution in [0.3, 0.4) is 0 Å². The van der Waals surface area contributed by atoms with Gasteiger partial charge in [-0.25, -0.2) is 0 Å². The predicted octanol–water partition coefficient (Wildman–Crippen LogP) is 2.12. The molecule has 5 nitrogen and oxygen atoms in total. The first kappa shape index (κ1) is 16.1. The minimum Gasteiger partial charge on any atom is -0.353 e. The quantitative estimate of drug-likeness (QED) is 0.736. The van der Waals surface area contributed by atoms with Crippen LogP contribution in [0.15, 0.2) is 30.3 Å². The number of imide groups is 1. The molecule has 25 heavy (non-hydrogen) atoms. The van der Waals surface area contributed by atoms with Crippen molar-refractivity contribution in [2.45, 2.75) is 32.9 Å². The van der Waals surface area contributed by atoms with E-state index in [-0.39, 0.29) is 23.6 Å². The monoisotopic (exact) mass is 338 g/mol. The number of rotatable bonds is 1. The lowest BCUT2D eigenvalue weighted by atomic mass is 9.79. The Balaban J connectivity index is 1.91. The standard InChI is InChI=1S/C20H22N2O3/c1-20(2,3)17(23)16-15-14(18(24)21(4)19(15)25)13-10-9-11-7-5-6-8-12(11)22(13)16/h5-10,13-16H,1-4H3/t13-,14+,15+,16+/m1/s1. The highest BCUT2D eigenvalue weighted by Gasteiger charge is 2.63. The van der Waals surface area contributed by atoms with Gasteiger partial charge < -0.3 is 4.90 Å². The van der Waals surface area contributed by atoms with Gasteiger partial charge in [0.2, 0.25) is 11.8 Å². The van der Waals surface area contributed by atoms with Crippen LogP contribution < -0.4 is 4.90 Å². The van der Waals surface area contributed by atoms with Crippen molar-refractivity contribution in [1.29, 1.82) is 0 Å². The summed E-state index contributed by atoms with van der Waals surface area (Å²) in [6.07, 6.45) is 3.97. The van der Waals surface area contributed by atoms with Crippen molar-refractivity contribution in [3.05, 3.63) is 35.9 Å². The minimum absolute atomic E-state index is 0.00607. The Bertz CT molecular complexity index is 820. The summed E-state index contributed by atoms with van der Waals surface area (Å²) in [6.45, 7) is 5.61. The molecule has 3 aliphatic heterocycles. The number of nitrogens with zero attached hydrogens (tertiary/aromatic N) is 2. The zero-order chi connectivity index (χ0) is 18.1. The van der Waals surface area contributed by atoms with E-state index >= 15 is 0 Å². The van der Waals surface area contributed by atoms with Crippen LogP contribution in [0, 0.1) is 17.3 Å². The smallest absolute Gasteiger partial charge is 0.235 e. The molecule has 0 saturated carbocycles. The fraction of sp³-hybridized carbons (Fsp3) is 0.450. The van der Waals surface area contributed by atoms with Crippen LogP contribution in [0.1, 0.15) is 26.3 Å². The second-order valence-corrected chi connectivity index (χ2v) is 8.16. The number of likely N-dealkylation sites (tertiary alicyclic amines) is 1. The van der Waals surface area contributed by atoms with Crippen molar-refractivity contribution in [3.8, 4) is 0 Å². The Morgan fingerprint density at radius 3 is 2.36 bits per heavy atom. The van der Waals surface area contributed by atoms with Crippen LogP contribution >= 0.6 is 0 Å². The average Bonchev–Trinajstić information content (AvgIpc) is 3.03. The first-order valence-electron chi connectivity index (χ1n) is 8.65. The third-order valence-corrected chi connectivity index (χ3v) is 5.64. The van der Waals surface area contributed by atoms with Crippen molar-refractivity contribution >= 4 is 29.4 Å². The molecule has 0 aromatic heterocycles. The molecular formula is C20H22N2O3. The zero-order valence-electron chi connectivity index (χ0n) is 14.9. The van der Waals surface area contributed by atoms with Gasteiger partial charge in [0.1, 0.15) is 6.04 Å². The van der Waals surface area contributed by atoms with Gasteiger partial charge in [0, 0.05) is 18.2 Å². The Kier molecular flexibility index (Phi) is 3.24. The zero-order valence-corrected chi connectivity index (χ0v) is 14.9. The first-order valence-corrected chi connectivity index (χ1v) is 8.65. The normalized spacial score (nSPS) is 30.4. The van der Waals surface area contributed by atoms with E-state index < -0.39 is 23.3 Å². The number of Topliss-reactive ketones (excluding diaryl/α,β-unsaturated/α-hetero) is 1. The molecule has 0 bridgehead atoms. The largest absolute Gasteiger partial charge is 0.353 e. The molecule has 3 heterocycles. The predicted molar refractivity (Wildman–Crippen MR) is 94.8 cm³/mol. The number of anilines is 1. The van der Waals surface area contributed by atoms with Crippen LogP contribution in [0.2, 0.25) is 0 Å². The lowest BCUT2D eigenvalue weighted by Crippen LogP contribution is -2.51. The number of ketones is 1. The third-order valence-electron chi connectivity index (χ3n) is 5.64. The number of para-hydroxylation sites is 1. The molecular weight excluding hydrogens is 316 g/mol. The molecule has 4 atom stereocenters. The number of hydrogen-bond donors (Lipinski definition) is 0. The Morgan fingerprint density at radius 1 is 1.04 bits per heavy atom. The molecule has 2 saturated heterocycles. The molecule has 1 aromatic rings. The molecule has 130 valence electrons. The molecule has 1 aromatic carbocycles. The van der Waals surface area contributed by atoms with E-state index in [4.69, 9.17) is 0 Å². The Morgan fingerprint density at radius 2 is 1.68 bits per heavy atom. The molecule has 5 heteroatoms. The highest BCUT2D eigenvalue weighted by Crippen LogP contribution is 2.49. The van der Waals surface area contributed by atoms with E-state index in [1.165, 1.54) is 11.9 Å². The maximum Gasteiger partial charge on any atom is 0.235 e. The molecule has 0 unspecified atom stereocenters. The van der Waals surface area contributed by atoms with Gasteiger partial charge in [-0.3, -0.25) is 19.3 Å². The summed E-state index contributed by atoms with van der Waals surface area (Å²) < 4.78 is 0. The summed E-state index contributed by atoms with van der Waals surface area (Å²) in [5, 5.41) is 0. The molecule has 4 rings (SSSR count). The first-order chi connectivity index (χ1) is 11.7. The summed E-state index contributed by atoms with van der Waals surface area (Å²) in [4.78, 5) is 42.0. The number of hydrogen-bond acceptors (Lipinski definition) is 4. The van der Waals surface area contributed by atoms with E-state index in [0.717, 1.165) is 11.3 Å². The van der Waals surface area contributed by atoms with Crippen LogP contribution in [-0.2, 0) is 14.4 Å². The molecule has 0 radical (unpaired) electrons. The summed E-state index contributed by atoms with van der Waals surface area (Å²) in [6, 6.07) is 6.97. The van der Waals surface area contributed by atoms with E-state index in [9.17, 15) is 14.4 Å². The van der Waals surface area contributed by atoms with Gasteiger partial charge in [-0.2, -0.15) is 0 Å². The molecule has 0 N–H and O–H groups in total. The van der Waals surface area contributed by atoms with Gasteiger partial charge in [0.25, 0.3) is 0 Å². The maximum absolute atomic E-state index is 13.3. The fourth-order valence-corrected chi connectivity index (χ4v) is 4.41. The van der Waals surface area contributed by atoms with E-state index in [1.54, 1.807) is 0 Å². The van der Waals surface area contributed by atoms with Crippen molar-refractivity contribution in [1.82, 2.24) is 4.90 Å². The molecule has 2 amide bonds. The number of amides is 2. The molecule has 3 aliphatic rings. The van der Waals surface area contributed by atoms with Gasteiger partial charge in [-0.05, 0) is 11.6 Å². The third kappa shape index (κ3) is 2.04. The lowest BCUT2D eigenvalue weighted by Gasteiger charge is -2.38. The second-order valence-electron chi connectivity index (χ2n) is 8.16. The summed E-state index contributed by atoms with van der Waals surface area (Å²) in [5.41, 5.74) is 1.35. The summed E-state index contributed by atoms with van der Waals surface area (Å²) in [5.74, 6) is -1.51. The van der Waals surface area contributed by atoms with Gasteiger partial charge in [-0.1, -0.05) is 51.1 Å². The Labute approximate surface area is 147 Å². The van der Waals surface area contributed by atoms with Gasteiger partial charge in [0.15, 0.2) is 5.78 Å². The van der Waals surface area contributed by atoms with Crippen LogP contribution in [0.5, 0.6) is 0 Å². The fourth-order valence-electron chi connectivity index (χ4n) is 4.41. The number of carbonyl (C=O) groups is 3. The van der Waals surface area contributed by atoms with E-state index in [1.807, 2.05) is 62.1 Å². The van der Waals surface area contributed by atoms with Crippen LogP contribution in [0.4, 0.5) is 5.69 Å². The maximum atomic E-state index is 13.3. The highest BCUT2D eigenvalue weighted by atomic mass is 16.2. The van der Waals surface area contributed by atoms with E-state index in [2.05, 4.69) is 0 Å². The lowest BCUT2D eigenvalue weighted by molar-refractivity contribution is -0.140. The number of benzene rings is 1. The van der Waals surface area contributed by atoms with Crippen molar-refractivity contribution < 1.29 is 14.4 Å². The van der Waals surface area contributed by atoms with Crippen LogP contribution in [0.25, 0.3) is 6.08 Å². The molecule has 0 aliphatic carbocycles. The second kappa shape index (κ2) is 5.04. The highest BCUT2D eigenvalue weighted by molar-refractivity contribution is 6.11. The Hall–Kier alpha value is -2.43. The van der Waals surface area contributed by atoms with Gasteiger partial charge in [-0.15, -0.1) is 0 Å². The number of carbonyl (C=O) groups excluding carboxylic acids is 3. The van der Waals surface area contributed by atoms with E-state index in [0.29, 0.717) is 0 Å². The topological polar surface area (TPSA) is 57.7 Å².